The smallest absolute Gasteiger partial charge is 0.244 e. The highest BCUT2D eigenvalue weighted by Gasteiger charge is 2.22. The maximum Gasteiger partial charge on any atom is 0.244 e. The lowest BCUT2D eigenvalue weighted by Crippen LogP contribution is -2.22. The van der Waals surface area contributed by atoms with Crippen molar-refractivity contribution in [3.05, 3.63) is 45.5 Å². The highest BCUT2D eigenvalue weighted by atomic mass is 35.5. The fourth-order valence-electron chi connectivity index (χ4n) is 3.03. The molecule has 2 aromatic carbocycles. The quantitative estimate of drug-likeness (QED) is 0.494. The molecule has 0 aliphatic heterocycles. The summed E-state index contributed by atoms with van der Waals surface area (Å²) in [5.41, 5.74) is 2.13. The lowest BCUT2D eigenvalue weighted by Gasteiger charge is -2.14. The fraction of sp³-hybridized carbons (Fsp3) is 0.286. The molecule has 11 heteroatoms. The summed E-state index contributed by atoms with van der Waals surface area (Å²) in [5, 5.41) is 2.08. The average Bonchev–Trinajstić information content (AvgIpc) is 3.13. The first-order valence-corrected chi connectivity index (χ1v) is 12.1. The van der Waals surface area contributed by atoms with E-state index in [0.717, 1.165) is 10.00 Å². The number of halogens is 1. The minimum Gasteiger partial charge on any atom is -0.493 e. The molecule has 32 heavy (non-hydrogen) atoms. The Balaban J connectivity index is 2.12. The minimum atomic E-state index is -3.68. The van der Waals surface area contributed by atoms with Gasteiger partial charge in [0.1, 0.15) is 4.90 Å². The predicted octanol–water partition coefficient (Wildman–Crippen LogP) is 3.92. The summed E-state index contributed by atoms with van der Waals surface area (Å²) in [6.07, 6.45) is 0. The van der Waals surface area contributed by atoms with Crippen LogP contribution in [0.3, 0.4) is 0 Å². The maximum atomic E-state index is 12.6. The third kappa shape index (κ3) is 4.49. The molecular weight excluding hydrogens is 474 g/mol. The van der Waals surface area contributed by atoms with Gasteiger partial charge in [-0.05, 0) is 12.1 Å². The molecule has 8 nitrogen and oxygen atoms in total. The summed E-state index contributed by atoms with van der Waals surface area (Å²) in [6, 6.07) is 8.45. The molecule has 0 spiro atoms. The maximum absolute atomic E-state index is 12.6. The molecular formula is C21H24ClN3O5S2. The molecule has 0 aliphatic carbocycles. The van der Waals surface area contributed by atoms with E-state index < -0.39 is 10.0 Å². The number of ether oxygens (including phenoxy) is 3. The van der Waals surface area contributed by atoms with Gasteiger partial charge in [-0.3, -0.25) is 0 Å². The van der Waals surface area contributed by atoms with Crippen molar-refractivity contribution < 1.29 is 22.6 Å². The van der Waals surface area contributed by atoms with Crippen LogP contribution in [0.2, 0.25) is 5.02 Å². The van der Waals surface area contributed by atoms with E-state index in [1.807, 2.05) is 17.0 Å². The highest BCUT2D eigenvalue weighted by Crippen LogP contribution is 2.40. The Labute approximate surface area is 196 Å². The molecule has 0 bridgehead atoms. The van der Waals surface area contributed by atoms with Crippen LogP contribution in [-0.2, 0) is 17.1 Å². The van der Waals surface area contributed by atoms with Crippen molar-refractivity contribution in [2.45, 2.75) is 4.90 Å². The van der Waals surface area contributed by atoms with Gasteiger partial charge in [0.15, 0.2) is 16.3 Å². The van der Waals surface area contributed by atoms with Crippen LogP contribution in [0.5, 0.6) is 17.2 Å². The van der Waals surface area contributed by atoms with Crippen LogP contribution in [0.1, 0.15) is 0 Å². The van der Waals surface area contributed by atoms with Gasteiger partial charge in [-0.15, -0.1) is 11.3 Å². The summed E-state index contributed by atoms with van der Waals surface area (Å²) in [6.45, 7) is 0. The lowest BCUT2D eigenvalue weighted by atomic mass is 10.2. The molecule has 0 N–H and O–H groups in total. The summed E-state index contributed by atoms with van der Waals surface area (Å²) in [7, 11) is 5.75. The van der Waals surface area contributed by atoms with E-state index in [2.05, 4.69) is 0 Å². The third-order valence-corrected chi connectivity index (χ3v) is 8.00. The van der Waals surface area contributed by atoms with E-state index in [-0.39, 0.29) is 9.92 Å². The first kappa shape index (κ1) is 24.1. The molecule has 0 unspecified atom stereocenters. The molecule has 1 heterocycles. The number of thiazole rings is 1. The number of sulfonamides is 1. The van der Waals surface area contributed by atoms with Gasteiger partial charge in [0.25, 0.3) is 0 Å². The lowest BCUT2D eigenvalue weighted by molar-refractivity contribution is 0.324. The van der Waals surface area contributed by atoms with Gasteiger partial charge in [0.2, 0.25) is 15.8 Å². The van der Waals surface area contributed by atoms with Crippen LogP contribution in [0.4, 0.5) is 5.69 Å². The minimum absolute atomic E-state index is 0.0518. The highest BCUT2D eigenvalue weighted by molar-refractivity contribution is 7.89. The summed E-state index contributed by atoms with van der Waals surface area (Å²) in [5.74, 6) is 1.49. The van der Waals surface area contributed by atoms with Gasteiger partial charge >= 0.3 is 0 Å². The van der Waals surface area contributed by atoms with Gasteiger partial charge in [-0.2, -0.15) is 0 Å². The van der Waals surface area contributed by atoms with Crippen molar-refractivity contribution in [3.63, 3.8) is 0 Å². The van der Waals surface area contributed by atoms with Gasteiger partial charge in [-0.1, -0.05) is 17.7 Å². The van der Waals surface area contributed by atoms with E-state index in [0.29, 0.717) is 33.3 Å². The van der Waals surface area contributed by atoms with E-state index in [1.165, 1.54) is 25.4 Å². The number of nitrogens with zero attached hydrogens (tertiary/aromatic N) is 3. The topological polar surface area (TPSA) is 82.4 Å². The molecule has 0 fully saturated rings. The predicted molar refractivity (Wildman–Crippen MR) is 126 cm³/mol. The molecule has 0 saturated carbocycles. The van der Waals surface area contributed by atoms with Crippen molar-refractivity contribution in [3.8, 4) is 28.5 Å². The zero-order valence-corrected chi connectivity index (χ0v) is 20.9. The number of rotatable bonds is 7. The fourth-order valence-corrected chi connectivity index (χ4v) is 5.35. The average molecular weight is 498 g/mol. The van der Waals surface area contributed by atoms with Gasteiger partial charge in [-0.25, -0.2) is 17.7 Å². The molecule has 3 aromatic rings. The van der Waals surface area contributed by atoms with Crippen LogP contribution in [0.25, 0.3) is 11.3 Å². The van der Waals surface area contributed by atoms with Crippen molar-refractivity contribution >= 4 is 38.6 Å². The van der Waals surface area contributed by atoms with Crippen LogP contribution < -0.4 is 19.0 Å². The van der Waals surface area contributed by atoms with Gasteiger partial charge < -0.3 is 18.8 Å². The second kappa shape index (κ2) is 9.53. The third-order valence-electron chi connectivity index (χ3n) is 4.78. The molecule has 3 rings (SSSR count). The monoisotopic (exact) mass is 497 g/mol. The number of hydrogen-bond donors (Lipinski definition) is 0. The zero-order chi connectivity index (χ0) is 23.6. The Morgan fingerprint density at radius 1 is 1.03 bits per heavy atom. The molecule has 0 radical (unpaired) electrons. The first-order chi connectivity index (χ1) is 15.1. The number of benzene rings is 2. The molecule has 1 aromatic heterocycles. The van der Waals surface area contributed by atoms with Crippen LogP contribution in [0.15, 0.2) is 45.6 Å². The second-order valence-electron chi connectivity index (χ2n) is 6.89. The van der Waals surface area contributed by atoms with Gasteiger partial charge in [0.05, 0.1) is 37.7 Å². The van der Waals surface area contributed by atoms with E-state index in [1.54, 1.807) is 51.7 Å². The number of hydrogen-bond acceptors (Lipinski definition) is 7. The summed E-state index contributed by atoms with van der Waals surface area (Å²) < 4.78 is 44.4. The summed E-state index contributed by atoms with van der Waals surface area (Å²) in [4.78, 5) is 5.46. The Morgan fingerprint density at radius 2 is 1.66 bits per heavy atom. The molecule has 172 valence electrons. The number of aromatic nitrogens is 1. The zero-order valence-electron chi connectivity index (χ0n) is 18.5. The Morgan fingerprint density at radius 3 is 2.19 bits per heavy atom. The van der Waals surface area contributed by atoms with Gasteiger partial charge in [0, 0.05) is 44.2 Å². The van der Waals surface area contributed by atoms with Crippen molar-refractivity contribution in [1.29, 1.82) is 0 Å². The SMILES string of the molecule is COc1cc(/N=c2/scc(-c3ccc(Cl)c(S(=O)(=O)N(C)C)c3)n2C)cc(OC)c1OC. The molecule has 0 aliphatic rings. The largest absolute Gasteiger partial charge is 0.493 e. The Bertz CT molecular complexity index is 1290. The van der Waals surface area contributed by atoms with E-state index in [9.17, 15) is 8.42 Å². The molecule has 0 atom stereocenters. The molecule has 0 amide bonds. The van der Waals surface area contributed by atoms with E-state index in [4.69, 9.17) is 30.8 Å². The number of methoxy groups -OCH3 is 3. The normalized spacial score (nSPS) is 12.3. The van der Waals surface area contributed by atoms with Crippen molar-refractivity contribution in [2.75, 3.05) is 35.4 Å². The van der Waals surface area contributed by atoms with Crippen LogP contribution >= 0.6 is 22.9 Å². The Kier molecular flexibility index (Phi) is 7.19. The van der Waals surface area contributed by atoms with Crippen molar-refractivity contribution in [1.82, 2.24) is 8.87 Å². The van der Waals surface area contributed by atoms with Crippen molar-refractivity contribution in [2.24, 2.45) is 12.0 Å². The van der Waals surface area contributed by atoms with E-state index >= 15 is 0 Å². The first-order valence-electron chi connectivity index (χ1n) is 9.35. The second-order valence-corrected chi connectivity index (χ2v) is 10.3. The summed E-state index contributed by atoms with van der Waals surface area (Å²) >= 11 is 7.60. The standard InChI is InChI=1S/C21H24ClN3O5S2/c1-24(2)32(26,27)19-9-13(7-8-15(19)22)16-12-31-21(25(16)3)23-14-10-17(28-4)20(30-6)18(11-14)29-5/h7-12H,1-6H3/b23-21+. The van der Waals surface area contributed by atoms with Crippen LogP contribution in [-0.4, -0.2) is 52.7 Å². The molecule has 0 saturated heterocycles. The van der Waals surface area contributed by atoms with Crippen LogP contribution in [0, 0.1) is 0 Å². The Hall–Kier alpha value is -2.53.